The van der Waals surface area contributed by atoms with E-state index in [9.17, 15) is 14.7 Å². The average Bonchev–Trinajstić information content (AvgIpc) is 3.54. The number of aliphatic hydroxyl groups excluding tert-OH is 1. The molecule has 0 unspecified atom stereocenters. The summed E-state index contributed by atoms with van der Waals surface area (Å²) in [6, 6.07) is 10.3. The maximum atomic E-state index is 13.6. The number of aromatic nitrogens is 3. The molecule has 0 aliphatic heterocycles. The molecule has 216 valence electrons. The lowest BCUT2D eigenvalue weighted by Crippen LogP contribution is -2.63. The second-order valence-corrected chi connectivity index (χ2v) is 13.3. The summed E-state index contributed by atoms with van der Waals surface area (Å²) in [6.07, 6.45) is 8.74. The van der Waals surface area contributed by atoms with Crippen molar-refractivity contribution in [2.75, 3.05) is 0 Å². The number of carbonyl (C=O) groups excluding carboxylic acids is 2. The molecule has 0 amide bonds. The first-order valence-corrected chi connectivity index (χ1v) is 15.0. The Balaban J connectivity index is 1.34. The minimum atomic E-state index is -0.675. The molecule has 1 N–H and O–H groups in total. The molecule has 8 atom stereocenters. The van der Waals surface area contributed by atoms with Crippen molar-refractivity contribution < 1.29 is 19.4 Å². The van der Waals surface area contributed by atoms with Crippen LogP contribution in [0.3, 0.4) is 0 Å². The summed E-state index contributed by atoms with van der Waals surface area (Å²) in [5, 5.41) is 20.1. The van der Waals surface area contributed by atoms with Gasteiger partial charge in [-0.2, -0.15) is 0 Å². The molecule has 2 aromatic rings. The van der Waals surface area contributed by atoms with Crippen molar-refractivity contribution in [3.8, 4) is 0 Å². The summed E-state index contributed by atoms with van der Waals surface area (Å²) >= 11 is 0. The smallest absolute Gasteiger partial charge is 0.328 e. The lowest BCUT2D eigenvalue weighted by atomic mass is 9.44. The predicted octanol–water partition coefficient (Wildman–Crippen LogP) is 5.36. The average molecular weight is 548 g/mol. The molecule has 0 saturated heterocycles. The van der Waals surface area contributed by atoms with Crippen LogP contribution in [0, 0.1) is 34.0 Å². The number of rotatable bonds is 8. The zero-order valence-corrected chi connectivity index (χ0v) is 24.5. The fourth-order valence-corrected chi connectivity index (χ4v) is 8.48. The van der Waals surface area contributed by atoms with Crippen LogP contribution in [0.2, 0.25) is 0 Å². The van der Waals surface area contributed by atoms with Gasteiger partial charge in [0.25, 0.3) is 0 Å². The highest BCUT2D eigenvalue weighted by molar-refractivity contribution is 5.85. The van der Waals surface area contributed by atoms with E-state index in [-0.39, 0.29) is 35.5 Å². The third kappa shape index (κ3) is 4.84. The van der Waals surface area contributed by atoms with Gasteiger partial charge in [0, 0.05) is 29.4 Å². The quantitative estimate of drug-likeness (QED) is 0.353. The number of aryl methyl sites for hydroxylation is 2. The Morgan fingerprint density at radius 2 is 1.95 bits per heavy atom. The van der Waals surface area contributed by atoms with Crippen LogP contribution in [-0.4, -0.2) is 44.1 Å². The lowest BCUT2D eigenvalue weighted by Gasteiger charge is -2.61. The molecule has 1 heterocycles. The van der Waals surface area contributed by atoms with E-state index in [1.54, 1.807) is 4.68 Å². The summed E-state index contributed by atoms with van der Waals surface area (Å²) in [5.41, 5.74) is 0.684. The molecule has 7 nitrogen and oxygen atoms in total. The fraction of sp³-hybridized carbons (Fsp3) is 0.636. The summed E-state index contributed by atoms with van der Waals surface area (Å²) < 4.78 is 7.88. The molecule has 7 heteroatoms. The number of ketones is 1. The highest BCUT2D eigenvalue weighted by Crippen LogP contribution is 2.68. The number of benzene rings is 1. The Hall–Kier alpha value is -2.80. The largest absolute Gasteiger partial charge is 0.460 e. The van der Waals surface area contributed by atoms with Gasteiger partial charge >= 0.3 is 5.97 Å². The van der Waals surface area contributed by atoms with Crippen molar-refractivity contribution >= 4 is 11.8 Å². The molecule has 40 heavy (non-hydrogen) atoms. The number of hydrogen-bond acceptors (Lipinski definition) is 6. The molecule has 0 spiro atoms. The number of carbonyl (C=O) groups is 2. The predicted molar refractivity (Wildman–Crippen MR) is 153 cm³/mol. The van der Waals surface area contributed by atoms with Crippen LogP contribution in [0.4, 0.5) is 0 Å². The summed E-state index contributed by atoms with van der Waals surface area (Å²) in [6.45, 7) is 12.5. The number of nitrogens with zero attached hydrogens (tertiary/aromatic N) is 3. The van der Waals surface area contributed by atoms with Gasteiger partial charge in [0.2, 0.25) is 0 Å². The summed E-state index contributed by atoms with van der Waals surface area (Å²) in [5.74, 6) is -0.221. The number of ether oxygens (including phenoxy) is 1. The fourth-order valence-electron chi connectivity index (χ4n) is 8.48. The van der Waals surface area contributed by atoms with Crippen molar-refractivity contribution in [2.45, 2.75) is 97.8 Å². The second-order valence-electron chi connectivity index (χ2n) is 13.3. The first-order chi connectivity index (χ1) is 19.0. The Labute approximate surface area is 238 Å². The van der Waals surface area contributed by atoms with Crippen LogP contribution < -0.4 is 0 Å². The zero-order chi connectivity index (χ0) is 28.7. The SMILES string of the molecule is C=C[C@]1(C)C[C@@H](OC(=O)Cn2cc(CCCc3ccccc3)nn2)[C@]2(C)[C@H](C)CC[C@]3(CCC(=O)[C@@H]32)[C@@H](C)[C@@H]1O. The van der Waals surface area contributed by atoms with Crippen molar-refractivity contribution in [1.82, 2.24) is 15.0 Å². The summed E-state index contributed by atoms with van der Waals surface area (Å²) in [7, 11) is 0. The maximum absolute atomic E-state index is 13.6. The van der Waals surface area contributed by atoms with Gasteiger partial charge in [-0.3, -0.25) is 9.59 Å². The Bertz CT molecular complexity index is 1240. The number of aliphatic hydroxyl groups is 1. The Morgan fingerprint density at radius 3 is 2.67 bits per heavy atom. The van der Waals surface area contributed by atoms with Gasteiger partial charge in [-0.05, 0) is 67.8 Å². The van der Waals surface area contributed by atoms with Crippen molar-refractivity contribution in [1.29, 1.82) is 0 Å². The molecule has 0 radical (unpaired) electrons. The molecule has 2 bridgehead atoms. The van der Waals surface area contributed by atoms with Crippen LogP contribution in [0.25, 0.3) is 0 Å². The molecule has 1 aromatic heterocycles. The topological polar surface area (TPSA) is 94.3 Å². The molecular formula is C33H45N3O4. The number of esters is 1. The van der Waals surface area contributed by atoms with Gasteiger partial charge in [-0.25, -0.2) is 4.68 Å². The number of hydrogen-bond donors (Lipinski definition) is 1. The van der Waals surface area contributed by atoms with Gasteiger partial charge in [-0.15, -0.1) is 11.7 Å². The van der Waals surface area contributed by atoms with Crippen LogP contribution in [0.5, 0.6) is 0 Å². The van der Waals surface area contributed by atoms with E-state index in [0.717, 1.165) is 44.2 Å². The van der Waals surface area contributed by atoms with E-state index in [1.165, 1.54) is 5.56 Å². The maximum Gasteiger partial charge on any atom is 0.328 e. The highest BCUT2D eigenvalue weighted by Gasteiger charge is 2.68. The zero-order valence-electron chi connectivity index (χ0n) is 24.5. The molecule has 3 saturated carbocycles. The minimum absolute atomic E-state index is 0.0415. The van der Waals surface area contributed by atoms with Crippen molar-refractivity contribution in [3.05, 3.63) is 60.4 Å². The van der Waals surface area contributed by atoms with Crippen LogP contribution in [0.15, 0.2) is 49.2 Å². The highest BCUT2D eigenvalue weighted by atomic mass is 16.5. The second kappa shape index (κ2) is 10.9. The van der Waals surface area contributed by atoms with E-state index < -0.39 is 29.0 Å². The van der Waals surface area contributed by atoms with E-state index in [0.29, 0.717) is 12.8 Å². The van der Waals surface area contributed by atoms with Gasteiger partial charge < -0.3 is 9.84 Å². The molecule has 3 aliphatic rings. The number of Topliss-reactive ketones (excluding diaryl/α,β-unsaturated/α-hetero) is 1. The first-order valence-electron chi connectivity index (χ1n) is 15.0. The third-order valence-corrected chi connectivity index (χ3v) is 11.2. The summed E-state index contributed by atoms with van der Waals surface area (Å²) in [4.78, 5) is 27.0. The van der Waals surface area contributed by atoms with Crippen LogP contribution >= 0.6 is 0 Å². The lowest BCUT2D eigenvalue weighted by molar-refractivity contribution is -0.207. The standard InChI is InChI=1S/C33H45N3O4/c1-6-31(4)19-27(32(5)22(2)15-17-33(23(3)30(31)39)18-16-26(37)29(32)33)40-28(38)21-36-20-25(34-35-36)14-10-13-24-11-8-7-9-12-24/h6-9,11-12,20,22-23,27,29-30,39H,1,10,13-19,21H2,2-5H3/t22-,23+,27-,29-,30+,31-,32+,33+/m1/s1. The van der Waals surface area contributed by atoms with Gasteiger partial charge in [-0.1, -0.05) is 69.3 Å². The van der Waals surface area contributed by atoms with E-state index in [4.69, 9.17) is 4.74 Å². The van der Waals surface area contributed by atoms with Gasteiger partial charge in [0.1, 0.15) is 18.4 Å². The Morgan fingerprint density at radius 1 is 1.20 bits per heavy atom. The monoisotopic (exact) mass is 547 g/mol. The molecule has 3 aliphatic carbocycles. The minimum Gasteiger partial charge on any atom is -0.460 e. The van der Waals surface area contributed by atoms with Gasteiger partial charge in [0.05, 0.1) is 11.8 Å². The van der Waals surface area contributed by atoms with E-state index in [2.05, 4.69) is 49.8 Å². The normalized spacial score (nSPS) is 37.3. The van der Waals surface area contributed by atoms with E-state index >= 15 is 0 Å². The van der Waals surface area contributed by atoms with Crippen LogP contribution in [0.1, 0.15) is 77.5 Å². The molecular weight excluding hydrogens is 502 g/mol. The van der Waals surface area contributed by atoms with Crippen molar-refractivity contribution in [2.24, 2.45) is 34.0 Å². The van der Waals surface area contributed by atoms with Gasteiger partial charge in [0.15, 0.2) is 0 Å². The van der Waals surface area contributed by atoms with E-state index in [1.807, 2.05) is 37.4 Å². The Kier molecular flexibility index (Phi) is 7.81. The van der Waals surface area contributed by atoms with Crippen molar-refractivity contribution in [3.63, 3.8) is 0 Å². The first kappa shape index (κ1) is 28.7. The molecule has 1 aromatic carbocycles. The third-order valence-electron chi connectivity index (χ3n) is 11.2. The molecule has 5 rings (SSSR count). The molecule has 3 fully saturated rings. The van der Waals surface area contributed by atoms with Crippen LogP contribution in [-0.2, 0) is 33.7 Å².